The van der Waals surface area contributed by atoms with Crippen LogP contribution in [0.5, 0.6) is 0 Å². The molecule has 2 aromatic rings. The van der Waals surface area contributed by atoms with Crippen LogP contribution in [0.2, 0.25) is 0 Å². The summed E-state index contributed by atoms with van der Waals surface area (Å²) in [4.78, 5) is 0. The fraction of sp³-hybridized carbons (Fsp3) is 0.368. The smallest absolute Gasteiger partial charge is 0.0175 e. The predicted molar refractivity (Wildman–Crippen MR) is 91.2 cm³/mol. The first-order chi connectivity index (χ1) is 9.78. The lowest BCUT2D eigenvalue weighted by Gasteiger charge is -2.05. The van der Waals surface area contributed by atoms with Crippen LogP contribution in [0.4, 0.5) is 0 Å². The van der Waals surface area contributed by atoms with Gasteiger partial charge in [-0.15, -0.1) is 0 Å². The van der Waals surface area contributed by atoms with Gasteiger partial charge in [0.1, 0.15) is 0 Å². The lowest BCUT2D eigenvalue weighted by atomic mass is 10.0. The average molecular weight is 331 g/mol. The molecule has 0 spiro atoms. The van der Waals surface area contributed by atoms with Crippen molar-refractivity contribution in [3.8, 4) is 0 Å². The molecule has 0 heterocycles. The van der Waals surface area contributed by atoms with Gasteiger partial charge in [0, 0.05) is 4.47 Å². The third kappa shape index (κ3) is 5.13. The standard InChI is InChI=1S/C19H23Br/c1-2-3-4-5-16-6-8-17(9-7-16)10-11-18-12-14-19(20)15-13-18/h6-9,12-15H,2-5,10-11H2,1H3. The molecular formula is C19H23Br. The first-order valence-corrected chi connectivity index (χ1v) is 8.39. The Kier molecular flexibility index (Phi) is 6.32. The van der Waals surface area contributed by atoms with Crippen molar-refractivity contribution < 1.29 is 0 Å². The zero-order valence-corrected chi connectivity index (χ0v) is 13.8. The molecule has 0 aliphatic heterocycles. The molecule has 0 bridgehead atoms. The van der Waals surface area contributed by atoms with E-state index in [1.807, 2.05) is 0 Å². The van der Waals surface area contributed by atoms with Crippen LogP contribution in [0.25, 0.3) is 0 Å². The van der Waals surface area contributed by atoms with Crippen LogP contribution in [0.15, 0.2) is 53.0 Å². The molecule has 0 atom stereocenters. The van der Waals surface area contributed by atoms with Crippen LogP contribution >= 0.6 is 15.9 Å². The summed E-state index contributed by atoms with van der Waals surface area (Å²) in [6.07, 6.45) is 7.41. The molecule has 106 valence electrons. The van der Waals surface area contributed by atoms with E-state index in [1.54, 1.807) is 0 Å². The molecule has 0 saturated heterocycles. The SMILES string of the molecule is CCCCCc1ccc(CCc2ccc(Br)cc2)cc1. The number of hydrogen-bond acceptors (Lipinski definition) is 0. The van der Waals surface area contributed by atoms with E-state index >= 15 is 0 Å². The van der Waals surface area contributed by atoms with Crippen molar-refractivity contribution in [1.82, 2.24) is 0 Å². The summed E-state index contributed by atoms with van der Waals surface area (Å²) in [5, 5.41) is 0. The molecule has 0 fully saturated rings. The van der Waals surface area contributed by atoms with Gasteiger partial charge in [0.05, 0.1) is 0 Å². The minimum atomic E-state index is 1.11. The molecule has 0 amide bonds. The highest BCUT2D eigenvalue weighted by molar-refractivity contribution is 9.10. The fourth-order valence-electron chi connectivity index (χ4n) is 2.39. The first kappa shape index (κ1) is 15.3. The van der Waals surface area contributed by atoms with E-state index in [-0.39, 0.29) is 0 Å². The quantitative estimate of drug-likeness (QED) is 0.549. The Balaban J connectivity index is 1.82. The third-order valence-electron chi connectivity index (χ3n) is 3.71. The number of unbranched alkanes of at least 4 members (excludes halogenated alkanes) is 2. The van der Waals surface area contributed by atoms with Gasteiger partial charge in [0.2, 0.25) is 0 Å². The van der Waals surface area contributed by atoms with Crippen LogP contribution in [-0.2, 0) is 19.3 Å². The second kappa shape index (κ2) is 8.26. The van der Waals surface area contributed by atoms with Gasteiger partial charge < -0.3 is 0 Å². The van der Waals surface area contributed by atoms with Crippen LogP contribution in [0, 0.1) is 0 Å². The van der Waals surface area contributed by atoms with E-state index in [0.717, 1.165) is 17.3 Å². The molecule has 0 saturated carbocycles. The molecular weight excluding hydrogens is 308 g/mol. The zero-order valence-electron chi connectivity index (χ0n) is 12.2. The minimum Gasteiger partial charge on any atom is -0.0654 e. The highest BCUT2D eigenvalue weighted by Crippen LogP contribution is 2.14. The van der Waals surface area contributed by atoms with E-state index in [1.165, 1.54) is 42.4 Å². The Labute approximate surface area is 131 Å². The van der Waals surface area contributed by atoms with Gasteiger partial charge >= 0.3 is 0 Å². The molecule has 0 radical (unpaired) electrons. The van der Waals surface area contributed by atoms with Crippen molar-refractivity contribution in [1.29, 1.82) is 0 Å². The maximum absolute atomic E-state index is 3.48. The third-order valence-corrected chi connectivity index (χ3v) is 4.24. The highest BCUT2D eigenvalue weighted by atomic mass is 79.9. The maximum atomic E-state index is 3.48. The monoisotopic (exact) mass is 330 g/mol. The van der Waals surface area contributed by atoms with Crippen LogP contribution < -0.4 is 0 Å². The van der Waals surface area contributed by atoms with Crippen molar-refractivity contribution in [2.75, 3.05) is 0 Å². The minimum absolute atomic E-state index is 1.11. The van der Waals surface area contributed by atoms with Crippen molar-refractivity contribution in [2.24, 2.45) is 0 Å². The summed E-state index contributed by atoms with van der Waals surface area (Å²) >= 11 is 3.48. The molecule has 0 aromatic heterocycles. The van der Waals surface area contributed by atoms with Crippen LogP contribution in [-0.4, -0.2) is 0 Å². The maximum Gasteiger partial charge on any atom is 0.0175 e. The molecule has 0 N–H and O–H groups in total. The number of aryl methyl sites for hydroxylation is 3. The Hall–Kier alpha value is -1.08. The lowest BCUT2D eigenvalue weighted by Crippen LogP contribution is -1.92. The van der Waals surface area contributed by atoms with Gasteiger partial charge in [-0.05, 0) is 54.5 Å². The van der Waals surface area contributed by atoms with Crippen molar-refractivity contribution in [3.05, 3.63) is 69.7 Å². The van der Waals surface area contributed by atoms with E-state index in [4.69, 9.17) is 0 Å². The fourth-order valence-corrected chi connectivity index (χ4v) is 2.66. The van der Waals surface area contributed by atoms with Crippen molar-refractivity contribution >= 4 is 15.9 Å². The van der Waals surface area contributed by atoms with Crippen LogP contribution in [0.3, 0.4) is 0 Å². The van der Waals surface area contributed by atoms with E-state index < -0.39 is 0 Å². The largest absolute Gasteiger partial charge is 0.0654 e. The number of benzene rings is 2. The van der Waals surface area contributed by atoms with E-state index in [9.17, 15) is 0 Å². The Bertz CT molecular complexity index is 496. The van der Waals surface area contributed by atoms with Gasteiger partial charge in [-0.3, -0.25) is 0 Å². The van der Waals surface area contributed by atoms with Crippen LogP contribution in [0.1, 0.15) is 42.9 Å². The van der Waals surface area contributed by atoms with Gasteiger partial charge in [0.15, 0.2) is 0 Å². The highest BCUT2D eigenvalue weighted by Gasteiger charge is 1.98. The summed E-state index contributed by atoms with van der Waals surface area (Å²) in [6, 6.07) is 17.8. The molecule has 0 aliphatic carbocycles. The number of rotatable bonds is 7. The molecule has 0 nitrogen and oxygen atoms in total. The summed E-state index contributed by atoms with van der Waals surface area (Å²) in [5.74, 6) is 0. The molecule has 2 rings (SSSR count). The zero-order chi connectivity index (χ0) is 14.2. The summed E-state index contributed by atoms with van der Waals surface area (Å²) in [6.45, 7) is 2.26. The molecule has 0 aliphatic rings. The van der Waals surface area contributed by atoms with Gasteiger partial charge in [-0.25, -0.2) is 0 Å². The number of halogens is 1. The molecule has 2 aromatic carbocycles. The summed E-state index contributed by atoms with van der Waals surface area (Å²) in [5.41, 5.74) is 4.32. The Morgan fingerprint density at radius 2 is 1.10 bits per heavy atom. The van der Waals surface area contributed by atoms with E-state index in [2.05, 4.69) is 71.4 Å². The number of hydrogen-bond donors (Lipinski definition) is 0. The summed E-state index contributed by atoms with van der Waals surface area (Å²) in [7, 11) is 0. The van der Waals surface area contributed by atoms with Crippen molar-refractivity contribution in [2.45, 2.75) is 45.4 Å². The summed E-state index contributed by atoms with van der Waals surface area (Å²) < 4.78 is 1.15. The lowest BCUT2D eigenvalue weighted by molar-refractivity contribution is 0.717. The second-order valence-electron chi connectivity index (χ2n) is 5.40. The van der Waals surface area contributed by atoms with E-state index in [0.29, 0.717) is 0 Å². The Morgan fingerprint density at radius 3 is 1.60 bits per heavy atom. The average Bonchev–Trinajstić information content (AvgIpc) is 2.48. The van der Waals surface area contributed by atoms with Gasteiger partial charge in [-0.1, -0.05) is 72.1 Å². The predicted octanol–water partition coefficient (Wildman–Crippen LogP) is 5.97. The van der Waals surface area contributed by atoms with Gasteiger partial charge in [-0.2, -0.15) is 0 Å². The van der Waals surface area contributed by atoms with Gasteiger partial charge in [0.25, 0.3) is 0 Å². The Morgan fingerprint density at radius 1 is 0.650 bits per heavy atom. The molecule has 0 unspecified atom stereocenters. The molecule has 1 heteroatoms. The topological polar surface area (TPSA) is 0 Å². The second-order valence-corrected chi connectivity index (χ2v) is 6.32. The normalized spacial score (nSPS) is 10.7. The molecule has 20 heavy (non-hydrogen) atoms. The van der Waals surface area contributed by atoms with Crippen molar-refractivity contribution in [3.63, 3.8) is 0 Å². The first-order valence-electron chi connectivity index (χ1n) is 7.60.